The molecule has 0 saturated carbocycles. The molecule has 0 fully saturated rings. The molecule has 0 aromatic heterocycles. The Kier molecular flexibility index (Phi) is 4.45. The van der Waals surface area contributed by atoms with E-state index in [1.54, 1.807) is 6.92 Å². The summed E-state index contributed by atoms with van der Waals surface area (Å²) in [5.41, 5.74) is 0.923. The summed E-state index contributed by atoms with van der Waals surface area (Å²) in [5, 5.41) is 10.4. The molecular formula is C17H18O6. The molecule has 2 rings (SSSR count). The predicted molar refractivity (Wildman–Crippen MR) is 83.6 cm³/mol. The fourth-order valence-corrected chi connectivity index (χ4v) is 2.58. The lowest BCUT2D eigenvalue weighted by Crippen LogP contribution is -2.18. The van der Waals surface area contributed by atoms with E-state index in [9.17, 15) is 14.7 Å². The number of hydrogen-bond donors (Lipinski definition) is 1. The van der Waals surface area contributed by atoms with Crippen LogP contribution in [-0.4, -0.2) is 38.0 Å². The Morgan fingerprint density at radius 2 is 1.65 bits per heavy atom. The lowest BCUT2D eigenvalue weighted by Gasteiger charge is -2.19. The van der Waals surface area contributed by atoms with Crippen LogP contribution in [0.2, 0.25) is 0 Å². The normalized spacial score (nSPS) is 14.7. The molecule has 6 heteroatoms. The minimum Gasteiger partial charge on any atom is -0.507 e. The molecule has 1 aliphatic rings. The summed E-state index contributed by atoms with van der Waals surface area (Å²) >= 11 is 0. The maximum Gasteiger partial charge on any atom is 0.221 e. The summed E-state index contributed by atoms with van der Waals surface area (Å²) in [6.07, 6.45) is 1.16. The van der Waals surface area contributed by atoms with Gasteiger partial charge in [0.2, 0.25) is 5.78 Å². The molecule has 0 atom stereocenters. The molecule has 0 saturated heterocycles. The first-order valence-electron chi connectivity index (χ1n) is 6.87. The fourth-order valence-electron chi connectivity index (χ4n) is 2.58. The molecule has 1 N–H and O–H groups in total. The molecule has 6 nitrogen and oxygen atoms in total. The van der Waals surface area contributed by atoms with Crippen LogP contribution in [0.4, 0.5) is 0 Å². The largest absolute Gasteiger partial charge is 0.507 e. The number of ether oxygens (including phenoxy) is 3. The van der Waals surface area contributed by atoms with Crippen molar-refractivity contribution in [2.75, 3.05) is 21.3 Å². The summed E-state index contributed by atoms with van der Waals surface area (Å²) in [6, 6.07) is 1.48. The van der Waals surface area contributed by atoms with E-state index in [1.807, 2.05) is 0 Å². The first-order valence-corrected chi connectivity index (χ1v) is 6.87. The van der Waals surface area contributed by atoms with Gasteiger partial charge in [-0.15, -0.1) is 0 Å². The number of aromatic hydroxyl groups is 1. The molecule has 0 heterocycles. The standard InChI is InChI=1S/C17H18O6/c1-8-14(19)10(6-12(18)16(8)22-4)11-7-13(21-3)17(23-5)9(2)15(11)20/h6-7,20H,1-5H3. The molecule has 122 valence electrons. The summed E-state index contributed by atoms with van der Waals surface area (Å²) in [7, 11) is 4.24. The number of hydrogen-bond acceptors (Lipinski definition) is 6. The third kappa shape index (κ3) is 2.56. The average Bonchev–Trinajstić information content (AvgIpc) is 2.54. The zero-order chi connectivity index (χ0) is 17.3. The lowest BCUT2D eigenvalue weighted by molar-refractivity contribution is -0.116. The Labute approximate surface area is 134 Å². The molecule has 0 bridgehead atoms. The van der Waals surface area contributed by atoms with Crippen LogP contribution in [0.25, 0.3) is 5.57 Å². The summed E-state index contributed by atoms with van der Waals surface area (Å²) in [5.74, 6) is -0.208. The third-order valence-electron chi connectivity index (χ3n) is 3.79. The quantitative estimate of drug-likeness (QED) is 0.857. The Hall–Kier alpha value is -2.76. The highest BCUT2D eigenvalue weighted by atomic mass is 16.5. The van der Waals surface area contributed by atoms with E-state index in [2.05, 4.69) is 0 Å². The van der Waals surface area contributed by atoms with Crippen molar-refractivity contribution in [3.05, 3.63) is 34.6 Å². The molecule has 0 aliphatic heterocycles. The predicted octanol–water partition coefficient (Wildman–Crippen LogP) is 2.17. The van der Waals surface area contributed by atoms with Crippen LogP contribution in [0, 0.1) is 6.92 Å². The number of ketones is 2. The van der Waals surface area contributed by atoms with Crippen molar-refractivity contribution in [1.82, 2.24) is 0 Å². The van der Waals surface area contributed by atoms with Crippen molar-refractivity contribution in [2.24, 2.45) is 0 Å². The second-order valence-electron chi connectivity index (χ2n) is 5.04. The van der Waals surface area contributed by atoms with Crippen molar-refractivity contribution in [3.63, 3.8) is 0 Å². The molecule has 0 amide bonds. The van der Waals surface area contributed by atoms with Gasteiger partial charge in [0, 0.05) is 28.3 Å². The Balaban J connectivity index is 2.67. The van der Waals surface area contributed by atoms with Crippen LogP contribution < -0.4 is 9.47 Å². The van der Waals surface area contributed by atoms with Gasteiger partial charge in [-0.2, -0.15) is 0 Å². The highest BCUT2D eigenvalue weighted by molar-refractivity contribution is 6.37. The van der Waals surface area contributed by atoms with Crippen LogP contribution in [0.3, 0.4) is 0 Å². The van der Waals surface area contributed by atoms with E-state index in [1.165, 1.54) is 34.3 Å². The van der Waals surface area contributed by atoms with Crippen molar-refractivity contribution in [2.45, 2.75) is 13.8 Å². The molecule has 1 aromatic rings. The highest BCUT2D eigenvalue weighted by Crippen LogP contribution is 2.43. The van der Waals surface area contributed by atoms with Gasteiger partial charge in [0.15, 0.2) is 23.0 Å². The van der Waals surface area contributed by atoms with E-state index in [-0.39, 0.29) is 34.0 Å². The van der Waals surface area contributed by atoms with Gasteiger partial charge in [-0.05, 0) is 19.9 Å². The van der Waals surface area contributed by atoms with Crippen LogP contribution in [0.15, 0.2) is 23.5 Å². The van der Waals surface area contributed by atoms with Gasteiger partial charge < -0.3 is 19.3 Å². The maximum atomic E-state index is 12.5. The Morgan fingerprint density at radius 3 is 2.17 bits per heavy atom. The molecule has 1 aromatic carbocycles. The number of phenols is 1. The summed E-state index contributed by atoms with van der Waals surface area (Å²) in [4.78, 5) is 24.6. The van der Waals surface area contributed by atoms with Gasteiger partial charge in [0.25, 0.3) is 0 Å². The van der Waals surface area contributed by atoms with E-state index >= 15 is 0 Å². The van der Waals surface area contributed by atoms with Gasteiger partial charge in [-0.1, -0.05) is 0 Å². The SMILES string of the molecule is COC1=C(C)C(=O)C(c2cc(OC)c(OC)c(C)c2O)=CC1=O. The van der Waals surface area contributed by atoms with Gasteiger partial charge in [-0.3, -0.25) is 9.59 Å². The molecular weight excluding hydrogens is 300 g/mol. The first-order chi connectivity index (χ1) is 10.9. The summed E-state index contributed by atoms with van der Waals surface area (Å²) < 4.78 is 15.4. The van der Waals surface area contributed by atoms with Crippen molar-refractivity contribution in [1.29, 1.82) is 0 Å². The van der Waals surface area contributed by atoms with E-state index in [0.29, 0.717) is 17.1 Å². The number of rotatable bonds is 4. The van der Waals surface area contributed by atoms with Crippen molar-refractivity contribution in [3.8, 4) is 17.2 Å². The van der Waals surface area contributed by atoms with Crippen LogP contribution in [0.5, 0.6) is 17.2 Å². The number of carbonyl (C=O) groups is 2. The highest BCUT2D eigenvalue weighted by Gasteiger charge is 2.30. The van der Waals surface area contributed by atoms with Crippen LogP contribution in [0.1, 0.15) is 18.1 Å². The molecule has 0 spiro atoms. The minimum absolute atomic E-state index is 0.00967. The fraction of sp³-hybridized carbons (Fsp3) is 0.294. The van der Waals surface area contributed by atoms with E-state index in [0.717, 1.165) is 6.08 Å². The Bertz CT molecular complexity index is 755. The monoisotopic (exact) mass is 318 g/mol. The Morgan fingerprint density at radius 1 is 1.00 bits per heavy atom. The topological polar surface area (TPSA) is 82.1 Å². The van der Waals surface area contributed by atoms with Crippen molar-refractivity contribution < 1.29 is 28.9 Å². The number of Topliss-reactive ketones (excluding diaryl/α,β-unsaturated/α-hetero) is 1. The second-order valence-corrected chi connectivity index (χ2v) is 5.04. The minimum atomic E-state index is -0.425. The number of benzene rings is 1. The van der Waals surface area contributed by atoms with Crippen LogP contribution >= 0.6 is 0 Å². The molecule has 0 unspecified atom stereocenters. The third-order valence-corrected chi connectivity index (χ3v) is 3.79. The van der Waals surface area contributed by atoms with E-state index in [4.69, 9.17) is 14.2 Å². The molecule has 0 radical (unpaired) electrons. The molecule has 23 heavy (non-hydrogen) atoms. The second kappa shape index (κ2) is 6.16. The number of methoxy groups -OCH3 is 3. The average molecular weight is 318 g/mol. The zero-order valence-corrected chi connectivity index (χ0v) is 13.6. The van der Waals surface area contributed by atoms with Gasteiger partial charge >= 0.3 is 0 Å². The summed E-state index contributed by atoms with van der Waals surface area (Å²) in [6.45, 7) is 3.15. The first kappa shape index (κ1) is 16.6. The van der Waals surface area contributed by atoms with E-state index < -0.39 is 5.78 Å². The lowest BCUT2D eigenvalue weighted by atomic mass is 9.89. The maximum absolute atomic E-state index is 12.5. The smallest absolute Gasteiger partial charge is 0.221 e. The number of carbonyl (C=O) groups excluding carboxylic acids is 2. The van der Waals surface area contributed by atoms with Gasteiger partial charge in [-0.25, -0.2) is 0 Å². The number of phenolic OH excluding ortho intramolecular Hbond substituents is 1. The number of allylic oxidation sites excluding steroid dienone is 3. The van der Waals surface area contributed by atoms with Gasteiger partial charge in [0.05, 0.1) is 21.3 Å². The zero-order valence-electron chi connectivity index (χ0n) is 13.6. The van der Waals surface area contributed by atoms with Crippen molar-refractivity contribution >= 4 is 17.1 Å². The van der Waals surface area contributed by atoms with Gasteiger partial charge in [0.1, 0.15) is 5.75 Å². The van der Waals surface area contributed by atoms with Crippen LogP contribution in [-0.2, 0) is 14.3 Å². The molecule has 1 aliphatic carbocycles.